The molecule has 24 heavy (non-hydrogen) atoms. The Balaban J connectivity index is 1.78. The molecule has 0 spiro atoms. The van der Waals surface area contributed by atoms with Gasteiger partial charge in [0.25, 0.3) is 5.56 Å². The van der Waals surface area contributed by atoms with Gasteiger partial charge in [0.1, 0.15) is 18.2 Å². The molecule has 2 aliphatic rings. The van der Waals surface area contributed by atoms with E-state index in [-0.39, 0.29) is 30.1 Å². The molecule has 128 valence electrons. The number of nitriles is 1. The van der Waals surface area contributed by atoms with E-state index in [1.807, 2.05) is 6.07 Å². The fourth-order valence-corrected chi connectivity index (χ4v) is 3.27. The molecule has 0 radical (unpaired) electrons. The highest BCUT2D eigenvalue weighted by molar-refractivity contribution is 5.76. The number of carbonyl (C=O) groups is 1. The Morgan fingerprint density at radius 1 is 1.25 bits per heavy atom. The van der Waals surface area contributed by atoms with Crippen LogP contribution >= 0.6 is 0 Å². The summed E-state index contributed by atoms with van der Waals surface area (Å²) in [4.78, 5) is 36.9. The first-order chi connectivity index (χ1) is 11.5. The summed E-state index contributed by atoms with van der Waals surface area (Å²) in [5, 5.41) is 12.0. The lowest BCUT2D eigenvalue weighted by Crippen LogP contribution is -2.46. The summed E-state index contributed by atoms with van der Waals surface area (Å²) < 4.78 is 2.30. The van der Waals surface area contributed by atoms with Gasteiger partial charge in [0.05, 0.1) is 0 Å². The van der Waals surface area contributed by atoms with E-state index < -0.39 is 11.2 Å². The average Bonchev–Trinajstić information content (AvgIpc) is 3.39. The Hall–Kier alpha value is -2.36. The molecule has 0 aliphatic heterocycles. The standard InChI is InChI=1S/C17H22N4O3/c1-11-2-4-13(5-3-11)19-15(22)10-21-16(23)12(8-18)9-20(17(21)24)14-6-7-14/h9,11,13-14H,2-7,10H2,1H3,(H,19,22). The summed E-state index contributed by atoms with van der Waals surface area (Å²) >= 11 is 0. The second kappa shape index (κ2) is 6.63. The van der Waals surface area contributed by atoms with Crippen molar-refractivity contribution in [2.75, 3.05) is 0 Å². The van der Waals surface area contributed by atoms with Gasteiger partial charge in [-0.2, -0.15) is 5.26 Å². The quantitative estimate of drug-likeness (QED) is 0.887. The average molecular weight is 330 g/mol. The van der Waals surface area contributed by atoms with Gasteiger partial charge in [-0.25, -0.2) is 9.36 Å². The van der Waals surface area contributed by atoms with E-state index in [2.05, 4.69) is 12.2 Å². The van der Waals surface area contributed by atoms with E-state index in [0.29, 0.717) is 5.92 Å². The monoisotopic (exact) mass is 330 g/mol. The van der Waals surface area contributed by atoms with Gasteiger partial charge in [-0.05, 0) is 44.4 Å². The molecule has 0 saturated heterocycles. The molecule has 1 aromatic rings. The van der Waals surface area contributed by atoms with Crippen LogP contribution in [0.1, 0.15) is 57.1 Å². The Labute approximate surface area is 139 Å². The Morgan fingerprint density at radius 3 is 2.50 bits per heavy atom. The van der Waals surface area contributed by atoms with Crippen molar-refractivity contribution in [1.82, 2.24) is 14.5 Å². The predicted molar refractivity (Wildman–Crippen MR) is 87.5 cm³/mol. The van der Waals surface area contributed by atoms with Crippen LogP contribution in [0.2, 0.25) is 0 Å². The van der Waals surface area contributed by atoms with Gasteiger partial charge in [0, 0.05) is 18.3 Å². The molecular formula is C17H22N4O3. The van der Waals surface area contributed by atoms with Crippen LogP contribution < -0.4 is 16.6 Å². The number of hydrogen-bond donors (Lipinski definition) is 1. The highest BCUT2D eigenvalue weighted by atomic mass is 16.2. The van der Waals surface area contributed by atoms with Crippen molar-refractivity contribution in [2.24, 2.45) is 5.92 Å². The zero-order valence-corrected chi connectivity index (χ0v) is 13.8. The SMILES string of the molecule is CC1CCC(NC(=O)Cn2c(=O)c(C#N)cn(C3CC3)c2=O)CC1. The topological polar surface area (TPSA) is 96.9 Å². The first-order valence-corrected chi connectivity index (χ1v) is 8.55. The van der Waals surface area contributed by atoms with Gasteiger partial charge in [-0.15, -0.1) is 0 Å². The van der Waals surface area contributed by atoms with Crippen molar-refractivity contribution >= 4 is 5.91 Å². The van der Waals surface area contributed by atoms with E-state index in [9.17, 15) is 14.4 Å². The molecule has 0 aromatic carbocycles. The maximum absolute atomic E-state index is 12.4. The predicted octanol–water partition coefficient (Wildman–Crippen LogP) is 0.911. The summed E-state index contributed by atoms with van der Waals surface area (Å²) in [6.45, 7) is 1.87. The van der Waals surface area contributed by atoms with Crippen LogP contribution in [-0.2, 0) is 11.3 Å². The van der Waals surface area contributed by atoms with Crippen molar-refractivity contribution in [1.29, 1.82) is 5.26 Å². The van der Waals surface area contributed by atoms with Crippen LogP contribution in [0.15, 0.2) is 15.8 Å². The van der Waals surface area contributed by atoms with Crippen LogP contribution in [0.5, 0.6) is 0 Å². The summed E-state index contributed by atoms with van der Waals surface area (Å²) in [5.41, 5.74) is -1.29. The van der Waals surface area contributed by atoms with Crippen molar-refractivity contribution in [2.45, 2.75) is 64.1 Å². The number of nitrogens with zero attached hydrogens (tertiary/aromatic N) is 3. The van der Waals surface area contributed by atoms with Gasteiger partial charge in [-0.3, -0.25) is 14.2 Å². The minimum Gasteiger partial charge on any atom is -0.352 e. The van der Waals surface area contributed by atoms with Crippen molar-refractivity contribution in [3.63, 3.8) is 0 Å². The molecule has 2 aliphatic carbocycles. The van der Waals surface area contributed by atoms with Crippen LogP contribution in [0.25, 0.3) is 0 Å². The normalized spacial score (nSPS) is 23.5. The van der Waals surface area contributed by atoms with Gasteiger partial charge < -0.3 is 5.32 Å². The highest BCUT2D eigenvalue weighted by Gasteiger charge is 2.27. The minimum atomic E-state index is -0.688. The smallest absolute Gasteiger partial charge is 0.331 e. The Bertz CT molecular complexity index is 790. The van der Waals surface area contributed by atoms with Crippen molar-refractivity contribution < 1.29 is 4.79 Å². The van der Waals surface area contributed by atoms with E-state index in [0.717, 1.165) is 43.1 Å². The molecule has 7 heteroatoms. The van der Waals surface area contributed by atoms with Gasteiger partial charge >= 0.3 is 5.69 Å². The number of nitrogens with one attached hydrogen (secondary N) is 1. The zero-order chi connectivity index (χ0) is 17.3. The molecule has 3 rings (SSSR count). The van der Waals surface area contributed by atoms with Crippen LogP contribution in [0, 0.1) is 17.2 Å². The summed E-state index contributed by atoms with van der Waals surface area (Å²) in [6, 6.07) is 1.97. The first kappa shape index (κ1) is 16.5. The van der Waals surface area contributed by atoms with Crippen LogP contribution in [0.4, 0.5) is 0 Å². The lowest BCUT2D eigenvalue weighted by atomic mass is 9.87. The molecule has 1 amide bonds. The molecule has 1 aromatic heterocycles. The summed E-state index contributed by atoms with van der Waals surface area (Å²) in [6.07, 6.45) is 7.02. The molecule has 0 atom stereocenters. The molecule has 0 unspecified atom stereocenters. The van der Waals surface area contributed by atoms with E-state index in [4.69, 9.17) is 5.26 Å². The van der Waals surface area contributed by atoms with E-state index in [1.165, 1.54) is 10.8 Å². The lowest BCUT2D eigenvalue weighted by Gasteiger charge is -2.27. The maximum atomic E-state index is 12.4. The molecule has 1 N–H and O–H groups in total. The highest BCUT2D eigenvalue weighted by Crippen LogP contribution is 2.33. The van der Waals surface area contributed by atoms with E-state index >= 15 is 0 Å². The maximum Gasteiger partial charge on any atom is 0.331 e. The molecular weight excluding hydrogens is 308 g/mol. The molecule has 2 fully saturated rings. The van der Waals surface area contributed by atoms with E-state index in [1.54, 1.807) is 0 Å². The molecule has 7 nitrogen and oxygen atoms in total. The first-order valence-electron chi connectivity index (χ1n) is 8.55. The largest absolute Gasteiger partial charge is 0.352 e. The lowest BCUT2D eigenvalue weighted by molar-refractivity contribution is -0.122. The minimum absolute atomic E-state index is 0.0411. The van der Waals surface area contributed by atoms with Crippen LogP contribution in [-0.4, -0.2) is 21.1 Å². The van der Waals surface area contributed by atoms with Crippen molar-refractivity contribution in [3.05, 3.63) is 32.6 Å². The Morgan fingerprint density at radius 2 is 1.92 bits per heavy atom. The third-order valence-corrected chi connectivity index (χ3v) is 4.94. The third-order valence-electron chi connectivity index (χ3n) is 4.94. The molecule has 1 heterocycles. The molecule has 2 saturated carbocycles. The summed E-state index contributed by atoms with van der Waals surface area (Å²) in [5.74, 6) is 0.338. The number of amides is 1. The van der Waals surface area contributed by atoms with Gasteiger partial charge in [0.15, 0.2) is 0 Å². The zero-order valence-electron chi connectivity index (χ0n) is 13.8. The number of aromatic nitrogens is 2. The Kier molecular flexibility index (Phi) is 4.56. The van der Waals surface area contributed by atoms with Gasteiger partial charge in [-0.1, -0.05) is 6.92 Å². The third kappa shape index (κ3) is 3.42. The second-order valence-electron chi connectivity index (χ2n) is 6.99. The molecule has 0 bridgehead atoms. The number of rotatable bonds is 4. The van der Waals surface area contributed by atoms with Gasteiger partial charge in [0.2, 0.25) is 5.91 Å². The summed E-state index contributed by atoms with van der Waals surface area (Å²) in [7, 11) is 0. The fraction of sp³-hybridized carbons (Fsp3) is 0.647. The van der Waals surface area contributed by atoms with Crippen LogP contribution in [0.3, 0.4) is 0 Å². The fourth-order valence-electron chi connectivity index (χ4n) is 3.27. The van der Waals surface area contributed by atoms with Crippen molar-refractivity contribution in [3.8, 4) is 6.07 Å². The second-order valence-corrected chi connectivity index (χ2v) is 6.99. The number of hydrogen-bond acceptors (Lipinski definition) is 4. The number of carbonyl (C=O) groups excluding carboxylic acids is 1.